The Hall–Kier alpha value is -2.74. The van der Waals surface area contributed by atoms with Crippen molar-refractivity contribution in [3.05, 3.63) is 77.9 Å². The Balaban J connectivity index is 1.27. The molecule has 0 aliphatic carbocycles. The largest absolute Gasteiger partial charge is 0.352 e. The molecule has 2 N–H and O–H groups in total. The van der Waals surface area contributed by atoms with Crippen LogP contribution in [0, 0.1) is 5.92 Å². The molecule has 4 rings (SSSR count). The Morgan fingerprint density at radius 2 is 1.74 bits per heavy atom. The highest BCUT2D eigenvalue weighted by Gasteiger charge is 2.18. The number of piperidine rings is 1. The highest BCUT2D eigenvalue weighted by molar-refractivity contribution is 7.89. The van der Waals surface area contributed by atoms with E-state index in [4.69, 9.17) is 0 Å². The van der Waals surface area contributed by atoms with E-state index >= 15 is 0 Å². The van der Waals surface area contributed by atoms with Gasteiger partial charge in [0.15, 0.2) is 0 Å². The molecule has 0 spiro atoms. The number of amides is 1. The normalized spacial score (nSPS) is 17.0. The standard InChI is InChI=1S/C27H33N3O3S/c1-21-7-6-16-30(19-21)20-25-11-5-4-10-24(25)18-28-27(31)14-15-29-34(32,33)26-13-12-22-8-2-3-9-23(22)17-26/h2-5,8-13,17,21,29H,6-7,14-16,18-20H2,1H3,(H,28,31). The third-order valence-corrected chi connectivity index (χ3v) is 7.86. The summed E-state index contributed by atoms with van der Waals surface area (Å²) in [6.45, 7) is 5.90. The van der Waals surface area contributed by atoms with Gasteiger partial charge in [0.25, 0.3) is 0 Å². The summed E-state index contributed by atoms with van der Waals surface area (Å²) in [6, 6.07) is 20.8. The second-order valence-corrected chi connectivity index (χ2v) is 11.0. The zero-order valence-electron chi connectivity index (χ0n) is 19.7. The molecule has 1 heterocycles. The van der Waals surface area contributed by atoms with Gasteiger partial charge in [-0.15, -0.1) is 0 Å². The summed E-state index contributed by atoms with van der Waals surface area (Å²) in [5.74, 6) is 0.543. The monoisotopic (exact) mass is 479 g/mol. The SMILES string of the molecule is CC1CCCN(Cc2ccccc2CNC(=O)CCNS(=O)(=O)c2ccc3ccccc3c2)C1. The van der Waals surface area contributed by atoms with Gasteiger partial charge in [-0.3, -0.25) is 9.69 Å². The second-order valence-electron chi connectivity index (χ2n) is 9.18. The van der Waals surface area contributed by atoms with E-state index in [1.807, 2.05) is 42.5 Å². The Labute approximate surface area is 202 Å². The van der Waals surface area contributed by atoms with Crippen LogP contribution in [-0.4, -0.2) is 38.9 Å². The van der Waals surface area contributed by atoms with Gasteiger partial charge in [-0.2, -0.15) is 0 Å². The lowest BCUT2D eigenvalue weighted by atomic mass is 9.99. The molecule has 0 saturated carbocycles. The molecule has 6 nitrogen and oxygen atoms in total. The molecule has 1 aliphatic heterocycles. The molecule has 1 fully saturated rings. The number of nitrogens with zero attached hydrogens (tertiary/aromatic N) is 1. The van der Waals surface area contributed by atoms with Gasteiger partial charge in [-0.05, 0) is 59.3 Å². The molecule has 1 atom stereocenters. The lowest BCUT2D eigenvalue weighted by Crippen LogP contribution is -2.34. The fourth-order valence-corrected chi connectivity index (χ4v) is 5.62. The van der Waals surface area contributed by atoms with E-state index in [2.05, 4.69) is 27.9 Å². The molecule has 3 aromatic rings. The number of hydrogen-bond donors (Lipinski definition) is 2. The maximum atomic E-state index is 12.6. The first-order valence-electron chi connectivity index (χ1n) is 11.9. The summed E-state index contributed by atoms with van der Waals surface area (Å²) in [5, 5.41) is 4.79. The second kappa shape index (κ2) is 11.1. The van der Waals surface area contributed by atoms with Gasteiger partial charge in [-0.25, -0.2) is 13.1 Å². The number of nitrogens with one attached hydrogen (secondary N) is 2. The lowest BCUT2D eigenvalue weighted by Gasteiger charge is -2.31. The number of likely N-dealkylation sites (tertiary alicyclic amines) is 1. The minimum Gasteiger partial charge on any atom is -0.352 e. The molecule has 0 radical (unpaired) electrons. The van der Waals surface area contributed by atoms with Crippen molar-refractivity contribution < 1.29 is 13.2 Å². The van der Waals surface area contributed by atoms with Gasteiger partial charge >= 0.3 is 0 Å². The van der Waals surface area contributed by atoms with Crippen LogP contribution in [0.2, 0.25) is 0 Å². The fourth-order valence-electron chi connectivity index (χ4n) is 4.55. The van der Waals surface area contributed by atoms with E-state index in [1.165, 1.54) is 18.4 Å². The molecule has 1 amide bonds. The van der Waals surface area contributed by atoms with Crippen molar-refractivity contribution in [2.75, 3.05) is 19.6 Å². The molecule has 3 aromatic carbocycles. The molecule has 1 saturated heterocycles. The van der Waals surface area contributed by atoms with Crippen LogP contribution in [0.4, 0.5) is 0 Å². The molecular weight excluding hydrogens is 446 g/mol. The van der Waals surface area contributed by atoms with Crippen molar-refractivity contribution in [2.45, 2.75) is 44.2 Å². The van der Waals surface area contributed by atoms with Crippen molar-refractivity contribution in [1.82, 2.24) is 14.9 Å². The number of sulfonamides is 1. The molecule has 180 valence electrons. The van der Waals surface area contributed by atoms with Crippen LogP contribution >= 0.6 is 0 Å². The highest BCUT2D eigenvalue weighted by Crippen LogP contribution is 2.20. The Bertz CT molecular complexity index is 1240. The van der Waals surface area contributed by atoms with Crippen LogP contribution in [0.25, 0.3) is 10.8 Å². The third kappa shape index (κ3) is 6.44. The molecule has 1 aliphatic rings. The average molecular weight is 480 g/mol. The Morgan fingerprint density at radius 3 is 2.53 bits per heavy atom. The molecule has 0 aromatic heterocycles. The van der Waals surface area contributed by atoms with Crippen LogP contribution in [0.1, 0.15) is 37.3 Å². The minimum atomic E-state index is -3.68. The average Bonchev–Trinajstić information content (AvgIpc) is 2.83. The smallest absolute Gasteiger partial charge is 0.240 e. The van der Waals surface area contributed by atoms with Crippen molar-refractivity contribution in [3.8, 4) is 0 Å². The number of carbonyl (C=O) groups excluding carboxylic acids is 1. The number of fused-ring (bicyclic) bond motifs is 1. The molecule has 34 heavy (non-hydrogen) atoms. The number of hydrogen-bond acceptors (Lipinski definition) is 4. The van der Waals surface area contributed by atoms with E-state index in [0.717, 1.165) is 41.9 Å². The minimum absolute atomic E-state index is 0.0499. The quantitative estimate of drug-likeness (QED) is 0.485. The predicted octanol–water partition coefficient (Wildman–Crippen LogP) is 4.06. The van der Waals surface area contributed by atoms with Crippen molar-refractivity contribution >= 4 is 26.7 Å². The van der Waals surface area contributed by atoms with E-state index in [0.29, 0.717) is 6.54 Å². The van der Waals surface area contributed by atoms with Gasteiger partial charge in [0.1, 0.15) is 0 Å². The van der Waals surface area contributed by atoms with Crippen molar-refractivity contribution in [1.29, 1.82) is 0 Å². The summed E-state index contributed by atoms with van der Waals surface area (Å²) in [6.07, 6.45) is 2.60. The van der Waals surface area contributed by atoms with E-state index < -0.39 is 10.0 Å². The Kier molecular flexibility index (Phi) is 7.98. The summed E-state index contributed by atoms with van der Waals surface area (Å²) in [5.41, 5.74) is 2.33. The van der Waals surface area contributed by atoms with Crippen LogP contribution < -0.4 is 10.0 Å². The molecule has 0 bridgehead atoms. The van der Waals surface area contributed by atoms with Crippen LogP contribution in [-0.2, 0) is 27.9 Å². The summed E-state index contributed by atoms with van der Waals surface area (Å²) in [7, 11) is -3.68. The first kappa shape index (κ1) is 24.4. The van der Waals surface area contributed by atoms with Crippen molar-refractivity contribution in [2.24, 2.45) is 5.92 Å². The predicted molar refractivity (Wildman–Crippen MR) is 136 cm³/mol. The third-order valence-electron chi connectivity index (χ3n) is 6.40. The molecule has 1 unspecified atom stereocenters. The van der Waals surface area contributed by atoms with Crippen LogP contribution in [0.3, 0.4) is 0 Å². The van der Waals surface area contributed by atoms with Gasteiger partial charge in [-0.1, -0.05) is 61.5 Å². The molecular formula is C27H33N3O3S. The number of carbonyl (C=O) groups is 1. The zero-order chi connectivity index (χ0) is 24.0. The van der Waals surface area contributed by atoms with E-state index in [-0.39, 0.29) is 23.8 Å². The van der Waals surface area contributed by atoms with Crippen molar-refractivity contribution in [3.63, 3.8) is 0 Å². The maximum absolute atomic E-state index is 12.6. The Morgan fingerprint density at radius 1 is 1.00 bits per heavy atom. The maximum Gasteiger partial charge on any atom is 0.240 e. The van der Waals surface area contributed by atoms with Gasteiger partial charge in [0.2, 0.25) is 15.9 Å². The van der Waals surface area contributed by atoms with Gasteiger partial charge in [0.05, 0.1) is 4.90 Å². The highest BCUT2D eigenvalue weighted by atomic mass is 32.2. The topological polar surface area (TPSA) is 78.5 Å². The summed E-state index contributed by atoms with van der Waals surface area (Å²) < 4.78 is 27.8. The van der Waals surface area contributed by atoms with Gasteiger partial charge in [0, 0.05) is 32.6 Å². The zero-order valence-corrected chi connectivity index (χ0v) is 20.5. The summed E-state index contributed by atoms with van der Waals surface area (Å²) >= 11 is 0. The van der Waals surface area contributed by atoms with E-state index in [9.17, 15) is 13.2 Å². The number of benzene rings is 3. The molecule has 7 heteroatoms. The number of rotatable bonds is 9. The summed E-state index contributed by atoms with van der Waals surface area (Å²) in [4.78, 5) is 15.1. The van der Waals surface area contributed by atoms with Gasteiger partial charge < -0.3 is 5.32 Å². The van der Waals surface area contributed by atoms with Crippen LogP contribution in [0.5, 0.6) is 0 Å². The fraction of sp³-hybridized carbons (Fsp3) is 0.370. The first-order chi connectivity index (χ1) is 16.4. The first-order valence-corrected chi connectivity index (χ1v) is 13.4. The van der Waals surface area contributed by atoms with E-state index in [1.54, 1.807) is 18.2 Å². The van der Waals surface area contributed by atoms with Crippen LogP contribution in [0.15, 0.2) is 71.6 Å². The lowest BCUT2D eigenvalue weighted by molar-refractivity contribution is -0.121.